The number of nitrogens with zero attached hydrogens (tertiary/aromatic N) is 1. The van der Waals surface area contributed by atoms with E-state index in [4.69, 9.17) is 5.73 Å². The average Bonchev–Trinajstić information content (AvgIpc) is 3.07. The Morgan fingerprint density at radius 1 is 1.33 bits per heavy atom. The van der Waals surface area contributed by atoms with E-state index in [2.05, 4.69) is 49.7 Å². The van der Waals surface area contributed by atoms with Crippen LogP contribution in [0.5, 0.6) is 0 Å². The number of pyridine rings is 1. The maximum atomic E-state index is 6.00. The number of hydrogen-bond acceptors (Lipinski definition) is 2. The quantitative estimate of drug-likeness (QED) is 0.724. The number of nitrogens with two attached hydrogens (primary N) is 1. The summed E-state index contributed by atoms with van der Waals surface area (Å²) in [6.45, 7) is 8.54. The van der Waals surface area contributed by atoms with E-state index in [-0.39, 0.29) is 0 Å². The smallest absolute Gasteiger partial charge is 0.131 e. The van der Waals surface area contributed by atoms with Crippen LogP contribution in [0, 0.1) is 17.8 Å². The zero-order valence-electron chi connectivity index (χ0n) is 15.1. The molecule has 2 heteroatoms. The monoisotopic (exact) mass is 322 g/mol. The fourth-order valence-corrected chi connectivity index (χ4v) is 4.16. The van der Waals surface area contributed by atoms with Gasteiger partial charge >= 0.3 is 0 Å². The molecule has 0 bridgehead atoms. The van der Waals surface area contributed by atoms with Crippen LogP contribution in [-0.4, -0.2) is 4.98 Å². The molecule has 2 nitrogen and oxygen atoms in total. The third-order valence-electron chi connectivity index (χ3n) is 6.03. The average molecular weight is 322 g/mol. The first-order chi connectivity index (χ1) is 11.6. The number of hydrogen-bond donors (Lipinski definition) is 1. The SMILES string of the molecule is C=Cc1cc2ccc(CCC3CCC(C(C)CC)C3)cc2nc1N. The highest BCUT2D eigenvalue weighted by molar-refractivity contribution is 5.84. The minimum absolute atomic E-state index is 0.571. The van der Waals surface area contributed by atoms with E-state index in [1.165, 1.54) is 37.7 Å². The van der Waals surface area contributed by atoms with Crippen molar-refractivity contribution in [2.75, 3.05) is 5.73 Å². The lowest BCUT2D eigenvalue weighted by Gasteiger charge is -2.17. The number of aryl methyl sites for hydroxylation is 1. The Morgan fingerprint density at radius 3 is 2.92 bits per heavy atom. The standard InChI is InChI=1S/C22H30N2/c1-4-15(3)19-10-8-16(12-19)6-7-17-9-11-20-14-18(5-2)22(23)24-21(20)13-17/h5,9,11,13-16,19H,2,4,6-8,10,12H2,1,3H3,(H2,23,24). The summed E-state index contributed by atoms with van der Waals surface area (Å²) in [7, 11) is 0. The number of fused-ring (bicyclic) bond motifs is 1. The molecular formula is C22H30N2. The summed E-state index contributed by atoms with van der Waals surface area (Å²) >= 11 is 0. The van der Waals surface area contributed by atoms with Gasteiger partial charge in [-0.15, -0.1) is 0 Å². The van der Waals surface area contributed by atoms with Gasteiger partial charge in [-0.3, -0.25) is 0 Å². The van der Waals surface area contributed by atoms with Crippen molar-refractivity contribution in [3.8, 4) is 0 Å². The Hall–Kier alpha value is -1.83. The third kappa shape index (κ3) is 3.63. The molecular weight excluding hydrogens is 292 g/mol. The minimum Gasteiger partial charge on any atom is -0.383 e. The second-order valence-electron chi connectivity index (χ2n) is 7.56. The first-order valence-electron chi connectivity index (χ1n) is 9.42. The fraction of sp³-hybridized carbons (Fsp3) is 0.500. The van der Waals surface area contributed by atoms with E-state index in [1.54, 1.807) is 6.08 Å². The van der Waals surface area contributed by atoms with Crippen LogP contribution in [0.3, 0.4) is 0 Å². The van der Waals surface area contributed by atoms with Gasteiger partial charge < -0.3 is 5.73 Å². The summed E-state index contributed by atoms with van der Waals surface area (Å²) in [5, 5.41) is 1.14. The van der Waals surface area contributed by atoms with Crippen molar-refractivity contribution in [2.45, 2.75) is 52.4 Å². The molecule has 128 valence electrons. The summed E-state index contributed by atoms with van der Waals surface area (Å²) in [4.78, 5) is 4.54. The largest absolute Gasteiger partial charge is 0.383 e. The van der Waals surface area contributed by atoms with Gasteiger partial charge in [-0.1, -0.05) is 51.5 Å². The normalized spacial score (nSPS) is 21.9. The molecule has 3 atom stereocenters. The number of benzene rings is 1. The van der Waals surface area contributed by atoms with Gasteiger partial charge in [-0.25, -0.2) is 4.98 Å². The van der Waals surface area contributed by atoms with Crippen molar-refractivity contribution in [2.24, 2.45) is 17.8 Å². The minimum atomic E-state index is 0.571. The van der Waals surface area contributed by atoms with Gasteiger partial charge in [-0.05, 0) is 61.1 Å². The van der Waals surface area contributed by atoms with Crippen LogP contribution >= 0.6 is 0 Å². The van der Waals surface area contributed by atoms with E-state index in [9.17, 15) is 0 Å². The zero-order valence-corrected chi connectivity index (χ0v) is 15.1. The first-order valence-corrected chi connectivity index (χ1v) is 9.42. The molecule has 24 heavy (non-hydrogen) atoms. The molecule has 1 aromatic carbocycles. The Kier molecular flexibility index (Phi) is 5.23. The Bertz CT molecular complexity index is 719. The van der Waals surface area contributed by atoms with Crippen molar-refractivity contribution in [3.05, 3.63) is 42.0 Å². The molecule has 3 rings (SSSR count). The third-order valence-corrected chi connectivity index (χ3v) is 6.03. The van der Waals surface area contributed by atoms with Crippen molar-refractivity contribution in [1.82, 2.24) is 4.98 Å². The van der Waals surface area contributed by atoms with Crippen molar-refractivity contribution in [3.63, 3.8) is 0 Å². The van der Waals surface area contributed by atoms with Crippen molar-refractivity contribution in [1.29, 1.82) is 0 Å². The van der Waals surface area contributed by atoms with Gasteiger partial charge in [0.05, 0.1) is 5.52 Å². The maximum Gasteiger partial charge on any atom is 0.131 e. The van der Waals surface area contributed by atoms with Gasteiger partial charge in [0.15, 0.2) is 0 Å². The number of aromatic nitrogens is 1. The molecule has 0 spiro atoms. The maximum absolute atomic E-state index is 6.00. The number of anilines is 1. The van der Waals surface area contributed by atoms with E-state index >= 15 is 0 Å². The summed E-state index contributed by atoms with van der Waals surface area (Å²) < 4.78 is 0. The van der Waals surface area contributed by atoms with E-state index in [0.29, 0.717) is 5.82 Å². The lowest BCUT2D eigenvalue weighted by Crippen LogP contribution is -2.07. The van der Waals surface area contributed by atoms with Gasteiger partial charge in [-0.2, -0.15) is 0 Å². The lowest BCUT2D eigenvalue weighted by atomic mass is 9.88. The topological polar surface area (TPSA) is 38.9 Å². The highest BCUT2D eigenvalue weighted by atomic mass is 14.8. The van der Waals surface area contributed by atoms with Crippen LogP contribution in [0.2, 0.25) is 0 Å². The second kappa shape index (κ2) is 7.38. The first kappa shape index (κ1) is 17.0. The Labute approximate surface area is 146 Å². The van der Waals surface area contributed by atoms with E-state index in [0.717, 1.165) is 40.6 Å². The molecule has 1 aliphatic carbocycles. The number of nitrogen functional groups attached to an aromatic ring is 1. The van der Waals surface area contributed by atoms with Gasteiger partial charge in [0.25, 0.3) is 0 Å². The molecule has 0 saturated heterocycles. The lowest BCUT2D eigenvalue weighted by molar-refractivity contribution is 0.340. The van der Waals surface area contributed by atoms with Crippen molar-refractivity contribution < 1.29 is 0 Å². The molecule has 1 aliphatic rings. The highest BCUT2D eigenvalue weighted by Gasteiger charge is 2.27. The van der Waals surface area contributed by atoms with Crippen molar-refractivity contribution >= 4 is 22.8 Å². The van der Waals surface area contributed by atoms with Crippen LogP contribution in [0.15, 0.2) is 30.8 Å². The summed E-state index contributed by atoms with van der Waals surface area (Å²) in [6.07, 6.45) is 9.81. The highest BCUT2D eigenvalue weighted by Crippen LogP contribution is 2.39. The predicted molar refractivity (Wildman–Crippen MR) is 105 cm³/mol. The van der Waals surface area contributed by atoms with E-state index < -0.39 is 0 Å². The van der Waals surface area contributed by atoms with Gasteiger partial charge in [0.2, 0.25) is 0 Å². The molecule has 0 amide bonds. The zero-order chi connectivity index (χ0) is 17.1. The summed E-state index contributed by atoms with van der Waals surface area (Å²) in [6, 6.07) is 8.69. The second-order valence-corrected chi connectivity index (χ2v) is 7.56. The summed E-state index contributed by atoms with van der Waals surface area (Å²) in [5.74, 6) is 3.32. The molecule has 2 aromatic rings. The Morgan fingerprint density at radius 2 is 2.17 bits per heavy atom. The fourth-order valence-electron chi connectivity index (χ4n) is 4.16. The number of rotatable bonds is 6. The van der Waals surface area contributed by atoms with Gasteiger partial charge in [0, 0.05) is 10.9 Å². The molecule has 0 aliphatic heterocycles. The van der Waals surface area contributed by atoms with Crippen LogP contribution < -0.4 is 5.73 Å². The molecule has 1 heterocycles. The van der Waals surface area contributed by atoms with E-state index in [1.807, 2.05) is 0 Å². The molecule has 1 aromatic heterocycles. The summed E-state index contributed by atoms with van der Waals surface area (Å²) in [5.41, 5.74) is 9.29. The van der Waals surface area contributed by atoms with Crippen LogP contribution in [0.25, 0.3) is 17.0 Å². The molecule has 3 unspecified atom stereocenters. The Balaban J connectivity index is 1.65. The van der Waals surface area contributed by atoms with Gasteiger partial charge in [0.1, 0.15) is 5.82 Å². The molecule has 2 N–H and O–H groups in total. The molecule has 1 saturated carbocycles. The van der Waals surface area contributed by atoms with Crippen LogP contribution in [0.4, 0.5) is 5.82 Å². The van der Waals surface area contributed by atoms with Crippen LogP contribution in [0.1, 0.15) is 57.1 Å². The molecule has 0 radical (unpaired) electrons. The van der Waals surface area contributed by atoms with Crippen LogP contribution in [-0.2, 0) is 6.42 Å². The molecule has 1 fully saturated rings. The predicted octanol–water partition coefficient (Wildman–Crippen LogP) is 5.86.